The number of nitrogens with zero attached hydrogens (tertiary/aromatic N) is 1. The van der Waals surface area contributed by atoms with Crippen molar-refractivity contribution in [3.63, 3.8) is 0 Å². The molecule has 0 heterocycles. The molecule has 1 amide bonds. The second-order valence-electron chi connectivity index (χ2n) is 5.00. The van der Waals surface area contributed by atoms with Crippen LogP contribution in [0.1, 0.15) is 18.5 Å². The molecule has 0 spiro atoms. The molecule has 0 radical (unpaired) electrons. The van der Waals surface area contributed by atoms with E-state index in [1.165, 1.54) is 18.2 Å². The van der Waals surface area contributed by atoms with Crippen LogP contribution in [0, 0.1) is 10.1 Å². The Balaban J connectivity index is 1.96. The molecule has 24 heavy (non-hydrogen) atoms. The molecule has 2 aromatic carbocycles. The van der Waals surface area contributed by atoms with E-state index in [2.05, 4.69) is 5.32 Å². The Morgan fingerprint density at radius 2 is 1.83 bits per heavy atom. The van der Waals surface area contributed by atoms with E-state index < -0.39 is 10.8 Å². The third-order valence-electron chi connectivity index (χ3n) is 3.22. The molecule has 0 fully saturated rings. The molecule has 8 heteroatoms. The zero-order valence-corrected chi connectivity index (χ0v) is 14.2. The van der Waals surface area contributed by atoms with Gasteiger partial charge >= 0.3 is 5.69 Å². The first-order valence-electron chi connectivity index (χ1n) is 6.98. The quantitative estimate of drug-likeness (QED) is 0.612. The van der Waals surface area contributed by atoms with Crippen LogP contribution in [0.15, 0.2) is 42.5 Å². The molecular weight excluding hydrogens is 355 g/mol. The number of rotatable bonds is 6. The molecule has 2 rings (SSSR count). The van der Waals surface area contributed by atoms with Crippen LogP contribution in [-0.4, -0.2) is 17.4 Å². The van der Waals surface area contributed by atoms with Crippen molar-refractivity contribution < 1.29 is 14.5 Å². The number of nitrogens with one attached hydrogen (secondary N) is 1. The van der Waals surface area contributed by atoms with E-state index in [-0.39, 0.29) is 29.1 Å². The predicted molar refractivity (Wildman–Crippen MR) is 91.6 cm³/mol. The average molecular weight is 369 g/mol. The minimum absolute atomic E-state index is 0.0151. The van der Waals surface area contributed by atoms with Crippen molar-refractivity contribution >= 4 is 34.8 Å². The Kier molecular flexibility index (Phi) is 6.00. The molecule has 0 aliphatic rings. The van der Waals surface area contributed by atoms with Crippen LogP contribution in [0.4, 0.5) is 5.69 Å². The van der Waals surface area contributed by atoms with Crippen LogP contribution in [0.25, 0.3) is 0 Å². The second-order valence-corrected chi connectivity index (χ2v) is 5.87. The minimum atomic E-state index is -0.616. The van der Waals surface area contributed by atoms with Gasteiger partial charge in [-0.25, -0.2) is 0 Å². The lowest BCUT2D eigenvalue weighted by Crippen LogP contribution is -2.31. The van der Waals surface area contributed by atoms with Gasteiger partial charge in [0.25, 0.3) is 5.91 Å². The molecule has 1 N–H and O–H groups in total. The van der Waals surface area contributed by atoms with Gasteiger partial charge in [-0.2, -0.15) is 0 Å². The summed E-state index contributed by atoms with van der Waals surface area (Å²) in [6.07, 6.45) is 0. The number of amides is 1. The van der Waals surface area contributed by atoms with E-state index >= 15 is 0 Å². The highest BCUT2D eigenvalue weighted by Gasteiger charge is 2.17. The van der Waals surface area contributed by atoms with Gasteiger partial charge in [0.1, 0.15) is 0 Å². The summed E-state index contributed by atoms with van der Waals surface area (Å²) >= 11 is 11.5. The summed E-state index contributed by atoms with van der Waals surface area (Å²) in [7, 11) is 0. The molecule has 0 bridgehead atoms. The van der Waals surface area contributed by atoms with Gasteiger partial charge in [-0.3, -0.25) is 14.9 Å². The average Bonchev–Trinajstić information content (AvgIpc) is 2.54. The van der Waals surface area contributed by atoms with Gasteiger partial charge in [-0.1, -0.05) is 35.3 Å². The molecule has 0 saturated heterocycles. The Morgan fingerprint density at radius 3 is 2.46 bits per heavy atom. The number of benzene rings is 2. The van der Waals surface area contributed by atoms with Crippen molar-refractivity contribution in [3.8, 4) is 5.75 Å². The monoisotopic (exact) mass is 368 g/mol. The standard InChI is InChI=1S/C16H14Cl2N2O4/c1-10(11-2-4-12(17)5-3-11)19-16(21)9-24-15-7-6-13(18)8-14(15)20(22)23/h2-8,10H,9H2,1H3,(H,19,21). The Labute approximate surface area is 148 Å². The number of hydrogen-bond acceptors (Lipinski definition) is 4. The van der Waals surface area contributed by atoms with E-state index in [0.29, 0.717) is 5.02 Å². The number of hydrogen-bond donors (Lipinski definition) is 1. The highest BCUT2D eigenvalue weighted by molar-refractivity contribution is 6.31. The van der Waals surface area contributed by atoms with Crippen molar-refractivity contribution in [2.24, 2.45) is 0 Å². The van der Waals surface area contributed by atoms with Gasteiger partial charge in [0, 0.05) is 16.1 Å². The maximum atomic E-state index is 12.0. The molecule has 0 aromatic heterocycles. The third kappa shape index (κ3) is 4.84. The molecule has 1 atom stereocenters. The molecule has 126 valence electrons. The van der Waals surface area contributed by atoms with Crippen LogP contribution in [0.2, 0.25) is 10.0 Å². The number of nitro groups is 1. The maximum absolute atomic E-state index is 12.0. The van der Waals surface area contributed by atoms with Crippen molar-refractivity contribution in [2.45, 2.75) is 13.0 Å². The zero-order chi connectivity index (χ0) is 17.7. The lowest BCUT2D eigenvalue weighted by molar-refractivity contribution is -0.385. The first-order valence-corrected chi connectivity index (χ1v) is 7.74. The molecule has 0 saturated carbocycles. The molecule has 0 aliphatic heterocycles. The van der Waals surface area contributed by atoms with Gasteiger partial charge in [0.05, 0.1) is 11.0 Å². The topological polar surface area (TPSA) is 81.5 Å². The van der Waals surface area contributed by atoms with E-state index in [1.54, 1.807) is 24.3 Å². The van der Waals surface area contributed by atoms with Crippen LogP contribution < -0.4 is 10.1 Å². The SMILES string of the molecule is CC(NC(=O)COc1ccc(Cl)cc1[N+](=O)[O-])c1ccc(Cl)cc1. The summed E-state index contributed by atoms with van der Waals surface area (Å²) in [6.45, 7) is 1.46. The van der Waals surface area contributed by atoms with Crippen molar-refractivity contribution in [2.75, 3.05) is 6.61 Å². The lowest BCUT2D eigenvalue weighted by Gasteiger charge is -2.15. The summed E-state index contributed by atoms with van der Waals surface area (Å²) in [5.41, 5.74) is 0.589. The Hall–Kier alpha value is -2.31. The summed E-state index contributed by atoms with van der Waals surface area (Å²) in [4.78, 5) is 22.3. The van der Waals surface area contributed by atoms with Crippen LogP contribution in [-0.2, 0) is 4.79 Å². The summed E-state index contributed by atoms with van der Waals surface area (Å²) in [5, 5.41) is 14.5. The zero-order valence-electron chi connectivity index (χ0n) is 12.7. The van der Waals surface area contributed by atoms with Crippen molar-refractivity contribution in [3.05, 3.63) is 68.2 Å². The summed E-state index contributed by atoms with van der Waals surface area (Å²) in [5.74, 6) is -0.416. The fourth-order valence-corrected chi connectivity index (χ4v) is 2.31. The lowest BCUT2D eigenvalue weighted by atomic mass is 10.1. The van der Waals surface area contributed by atoms with Crippen LogP contribution in [0.5, 0.6) is 5.75 Å². The van der Waals surface area contributed by atoms with Gasteiger partial charge in [0.15, 0.2) is 12.4 Å². The number of ether oxygens (including phenoxy) is 1. The Bertz CT molecular complexity index is 750. The summed E-state index contributed by atoms with van der Waals surface area (Å²) in [6, 6.07) is 10.8. The van der Waals surface area contributed by atoms with E-state index in [0.717, 1.165) is 5.56 Å². The largest absolute Gasteiger partial charge is 0.477 e. The van der Waals surface area contributed by atoms with E-state index in [4.69, 9.17) is 27.9 Å². The minimum Gasteiger partial charge on any atom is -0.477 e. The molecule has 0 aliphatic carbocycles. The Morgan fingerprint density at radius 1 is 1.21 bits per heavy atom. The first kappa shape index (κ1) is 18.0. The fraction of sp³-hybridized carbons (Fsp3) is 0.188. The number of halogens is 2. The van der Waals surface area contributed by atoms with E-state index in [1.807, 2.05) is 6.92 Å². The maximum Gasteiger partial charge on any atom is 0.312 e. The van der Waals surface area contributed by atoms with Gasteiger partial charge in [-0.05, 0) is 36.8 Å². The molecule has 6 nitrogen and oxygen atoms in total. The first-order chi connectivity index (χ1) is 11.4. The summed E-state index contributed by atoms with van der Waals surface area (Å²) < 4.78 is 5.24. The van der Waals surface area contributed by atoms with Gasteiger partial charge in [0.2, 0.25) is 0 Å². The molecule has 2 aromatic rings. The smallest absolute Gasteiger partial charge is 0.312 e. The van der Waals surface area contributed by atoms with Crippen LogP contribution in [0.3, 0.4) is 0 Å². The number of carbonyl (C=O) groups excluding carboxylic acids is 1. The second kappa shape index (κ2) is 7.99. The van der Waals surface area contributed by atoms with Crippen molar-refractivity contribution in [1.82, 2.24) is 5.32 Å². The predicted octanol–water partition coefficient (Wildman–Crippen LogP) is 4.16. The highest BCUT2D eigenvalue weighted by Crippen LogP contribution is 2.29. The molecular formula is C16H14Cl2N2O4. The van der Waals surface area contributed by atoms with Crippen LogP contribution >= 0.6 is 23.2 Å². The van der Waals surface area contributed by atoms with Crippen molar-refractivity contribution in [1.29, 1.82) is 0 Å². The molecule has 1 unspecified atom stereocenters. The normalized spacial score (nSPS) is 11.6. The number of nitro benzene ring substituents is 1. The van der Waals surface area contributed by atoms with Gasteiger partial charge < -0.3 is 10.1 Å². The third-order valence-corrected chi connectivity index (χ3v) is 3.71. The number of carbonyl (C=O) groups is 1. The highest BCUT2D eigenvalue weighted by atomic mass is 35.5. The van der Waals surface area contributed by atoms with E-state index in [9.17, 15) is 14.9 Å². The fourth-order valence-electron chi connectivity index (χ4n) is 2.02. The van der Waals surface area contributed by atoms with Gasteiger partial charge in [-0.15, -0.1) is 0 Å².